The summed E-state index contributed by atoms with van der Waals surface area (Å²) in [6.07, 6.45) is 2.04. The zero-order valence-corrected chi connectivity index (χ0v) is 25.7. The van der Waals surface area contributed by atoms with Crippen LogP contribution in [0.5, 0.6) is 5.75 Å². The Morgan fingerprint density at radius 1 is 0.951 bits per heavy atom. The van der Waals surface area contributed by atoms with Gasteiger partial charge in [0.2, 0.25) is 11.8 Å². The number of carbonyl (C=O) groups excluding carboxylic acids is 2. The molecule has 0 aliphatic rings. The Morgan fingerprint density at radius 3 is 2.22 bits per heavy atom. The Bertz CT molecular complexity index is 1420. The molecule has 3 aromatic rings. The van der Waals surface area contributed by atoms with E-state index in [0.717, 1.165) is 22.7 Å². The third kappa shape index (κ3) is 8.38. The van der Waals surface area contributed by atoms with Crippen molar-refractivity contribution < 1.29 is 22.7 Å². The van der Waals surface area contributed by atoms with E-state index in [1.165, 1.54) is 35.2 Å². The fraction of sp³-hybridized carbons (Fsp3) is 0.333. The predicted molar refractivity (Wildman–Crippen MR) is 163 cm³/mol. The maximum absolute atomic E-state index is 14.1. The molecule has 220 valence electrons. The number of unbranched alkanes of at least 4 members (excludes halogenated alkanes) is 1. The second-order valence-electron chi connectivity index (χ2n) is 9.36. The Kier molecular flexibility index (Phi) is 11.9. The lowest BCUT2D eigenvalue weighted by atomic mass is 10.1. The van der Waals surface area contributed by atoms with Crippen molar-refractivity contribution >= 4 is 50.7 Å². The molecule has 41 heavy (non-hydrogen) atoms. The van der Waals surface area contributed by atoms with E-state index >= 15 is 0 Å². The van der Waals surface area contributed by atoms with Crippen LogP contribution in [0.15, 0.2) is 77.7 Å². The highest BCUT2D eigenvalue weighted by Crippen LogP contribution is 2.31. The molecular weight excluding hydrogens is 585 g/mol. The van der Waals surface area contributed by atoms with Gasteiger partial charge in [0.25, 0.3) is 10.0 Å². The summed E-state index contributed by atoms with van der Waals surface area (Å²) in [5.74, 6) is -0.200. The van der Waals surface area contributed by atoms with Gasteiger partial charge in [-0.1, -0.05) is 73.8 Å². The van der Waals surface area contributed by atoms with Crippen molar-refractivity contribution in [3.05, 3.63) is 88.4 Å². The molecule has 0 saturated heterocycles. The van der Waals surface area contributed by atoms with Crippen LogP contribution in [-0.4, -0.2) is 51.4 Å². The molecule has 2 amide bonds. The fourth-order valence-electron chi connectivity index (χ4n) is 4.24. The van der Waals surface area contributed by atoms with Crippen LogP contribution >= 0.6 is 23.2 Å². The number of hydrogen-bond donors (Lipinski definition) is 1. The van der Waals surface area contributed by atoms with E-state index in [1.807, 2.05) is 13.8 Å². The van der Waals surface area contributed by atoms with Crippen LogP contribution in [0.1, 0.15) is 38.7 Å². The van der Waals surface area contributed by atoms with Gasteiger partial charge in [0.15, 0.2) is 0 Å². The first kappa shape index (κ1) is 32.2. The van der Waals surface area contributed by atoms with E-state index in [-0.39, 0.29) is 33.1 Å². The molecule has 0 heterocycles. The van der Waals surface area contributed by atoms with Crippen molar-refractivity contribution in [1.29, 1.82) is 0 Å². The summed E-state index contributed by atoms with van der Waals surface area (Å²) in [4.78, 5) is 28.8. The number of halogens is 2. The van der Waals surface area contributed by atoms with Crippen LogP contribution in [0.4, 0.5) is 5.69 Å². The van der Waals surface area contributed by atoms with Gasteiger partial charge in [0.05, 0.1) is 27.7 Å². The van der Waals surface area contributed by atoms with E-state index < -0.39 is 28.5 Å². The first-order valence-electron chi connectivity index (χ1n) is 13.3. The Labute approximate surface area is 252 Å². The number of methoxy groups -OCH3 is 1. The second-order valence-corrected chi connectivity index (χ2v) is 12.0. The molecule has 0 fully saturated rings. The summed E-state index contributed by atoms with van der Waals surface area (Å²) >= 11 is 12.4. The number of nitrogens with one attached hydrogen (secondary N) is 1. The van der Waals surface area contributed by atoms with E-state index in [2.05, 4.69) is 5.32 Å². The summed E-state index contributed by atoms with van der Waals surface area (Å²) in [5.41, 5.74) is 0.924. The standard InChI is InChI=1S/C30H35Cl2N3O5S/c1-4-6-18-33-30(37)28(5-2)34(20-22-12-15-24(40-3)16-13-22)29(36)21-35(23-14-17-26(31)27(32)19-23)41(38,39)25-10-8-7-9-11-25/h7-17,19,28H,4-6,18,20-21H2,1-3H3,(H,33,37). The van der Waals surface area contributed by atoms with Crippen LogP contribution in [0.3, 0.4) is 0 Å². The number of amides is 2. The highest BCUT2D eigenvalue weighted by Gasteiger charge is 2.33. The molecule has 8 nitrogen and oxygen atoms in total. The molecule has 1 unspecified atom stereocenters. The zero-order valence-electron chi connectivity index (χ0n) is 23.3. The molecule has 11 heteroatoms. The fourth-order valence-corrected chi connectivity index (χ4v) is 5.96. The van der Waals surface area contributed by atoms with E-state index in [4.69, 9.17) is 27.9 Å². The van der Waals surface area contributed by atoms with Gasteiger partial charge in [0, 0.05) is 13.1 Å². The molecule has 0 radical (unpaired) electrons. The van der Waals surface area contributed by atoms with Gasteiger partial charge in [-0.2, -0.15) is 0 Å². The van der Waals surface area contributed by atoms with Crippen LogP contribution < -0.4 is 14.4 Å². The van der Waals surface area contributed by atoms with Crippen molar-refractivity contribution in [1.82, 2.24) is 10.2 Å². The number of benzene rings is 3. The van der Waals surface area contributed by atoms with E-state index in [1.54, 1.807) is 49.6 Å². The smallest absolute Gasteiger partial charge is 0.264 e. The second kappa shape index (κ2) is 15.1. The average molecular weight is 621 g/mol. The molecular formula is C30H35Cl2N3O5S. The van der Waals surface area contributed by atoms with Gasteiger partial charge in [-0.3, -0.25) is 13.9 Å². The number of rotatable bonds is 14. The van der Waals surface area contributed by atoms with Gasteiger partial charge in [-0.25, -0.2) is 8.42 Å². The number of anilines is 1. The molecule has 0 bridgehead atoms. The predicted octanol–water partition coefficient (Wildman–Crippen LogP) is 5.92. The monoisotopic (exact) mass is 619 g/mol. The largest absolute Gasteiger partial charge is 0.497 e. The van der Waals surface area contributed by atoms with Crippen LogP contribution in [0.25, 0.3) is 0 Å². The molecule has 0 spiro atoms. The molecule has 0 aromatic heterocycles. The van der Waals surface area contributed by atoms with Gasteiger partial charge in [0.1, 0.15) is 18.3 Å². The minimum absolute atomic E-state index is 0.00456. The minimum Gasteiger partial charge on any atom is -0.497 e. The molecule has 0 aliphatic heterocycles. The van der Waals surface area contributed by atoms with Gasteiger partial charge in [-0.05, 0) is 60.9 Å². The van der Waals surface area contributed by atoms with E-state index in [9.17, 15) is 18.0 Å². The zero-order chi connectivity index (χ0) is 30.0. The lowest BCUT2D eigenvalue weighted by molar-refractivity contribution is -0.140. The summed E-state index contributed by atoms with van der Waals surface area (Å²) in [6.45, 7) is 3.84. The minimum atomic E-state index is -4.20. The number of hydrogen-bond acceptors (Lipinski definition) is 5. The highest BCUT2D eigenvalue weighted by atomic mass is 35.5. The summed E-state index contributed by atoms with van der Waals surface area (Å²) in [5, 5.41) is 3.30. The maximum atomic E-state index is 14.1. The topological polar surface area (TPSA) is 96.0 Å². The molecule has 0 aliphatic carbocycles. The number of ether oxygens (including phenoxy) is 1. The Balaban J connectivity index is 2.04. The average Bonchev–Trinajstić information content (AvgIpc) is 2.98. The summed E-state index contributed by atoms with van der Waals surface area (Å²) in [7, 11) is -2.64. The first-order valence-corrected chi connectivity index (χ1v) is 15.5. The molecule has 3 rings (SSSR count). The van der Waals surface area contributed by atoms with Crippen molar-refractivity contribution in [3.8, 4) is 5.75 Å². The van der Waals surface area contributed by atoms with Crippen molar-refractivity contribution in [2.45, 2.75) is 50.6 Å². The normalized spacial score (nSPS) is 11.9. The third-order valence-corrected chi connectivity index (χ3v) is 9.06. The van der Waals surface area contributed by atoms with Gasteiger partial charge >= 0.3 is 0 Å². The van der Waals surface area contributed by atoms with E-state index in [0.29, 0.717) is 18.7 Å². The molecule has 3 aromatic carbocycles. The Morgan fingerprint density at radius 2 is 1.63 bits per heavy atom. The van der Waals surface area contributed by atoms with Crippen LogP contribution in [0, 0.1) is 0 Å². The van der Waals surface area contributed by atoms with Crippen molar-refractivity contribution in [3.63, 3.8) is 0 Å². The lowest BCUT2D eigenvalue weighted by Gasteiger charge is -2.33. The molecule has 0 saturated carbocycles. The third-order valence-electron chi connectivity index (χ3n) is 6.53. The quantitative estimate of drug-likeness (QED) is 0.226. The number of carbonyl (C=O) groups is 2. The van der Waals surface area contributed by atoms with Crippen molar-refractivity contribution in [2.24, 2.45) is 0 Å². The molecule has 1 N–H and O–H groups in total. The SMILES string of the molecule is CCCCNC(=O)C(CC)N(Cc1ccc(OC)cc1)C(=O)CN(c1ccc(Cl)c(Cl)c1)S(=O)(=O)c1ccccc1. The Hall–Kier alpha value is -3.27. The van der Waals surface area contributed by atoms with Crippen LogP contribution in [0.2, 0.25) is 10.0 Å². The summed E-state index contributed by atoms with van der Waals surface area (Å²) in [6, 6.07) is 18.5. The summed E-state index contributed by atoms with van der Waals surface area (Å²) < 4.78 is 33.9. The van der Waals surface area contributed by atoms with Crippen molar-refractivity contribution in [2.75, 3.05) is 24.5 Å². The maximum Gasteiger partial charge on any atom is 0.264 e. The number of sulfonamides is 1. The lowest BCUT2D eigenvalue weighted by Crippen LogP contribution is -2.52. The highest BCUT2D eigenvalue weighted by molar-refractivity contribution is 7.92. The molecule has 1 atom stereocenters. The van der Waals surface area contributed by atoms with Gasteiger partial charge in [-0.15, -0.1) is 0 Å². The van der Waals surface area contributed by atoms with Gasteiger partial charge < -0.3 is 15.0 Å². The van der Waals surface area contributed by atoms with Crippen LogP contribution in [-0.2, 0) is 26.2 Å². The first-order chi connectivity index (χ1) is 19.6. The number of nitrogens with zero attached hydrogens (tertiary/aromatic N) is 2.